The van der Waals surface area contributed by atoms with Crippen LogP contribution in [0.25, 0.3) is 0 Å². The summed E-state index contributed by atoms with van der Waals surface area (Å²) in [5.41, 5.74) is -0.428. The van der Waals surface area contributed by atoms with Crippen molar-refractivity contribution in [2.45, 2.75) is 0 Å². The number of aromatic hydroxyl groups is 2. The minimum absolute atomic E-state index is 0.373. The lowest BCUT2D eigenvalue weighted by molar-refractivity contribution is 0.438. The zero-order valence-electron chi connectivity index (χ0n) is 4.85. The third-order valence-corrected chi connectivity index (χ3v) is 0.975. The van der Waals surface area contributed by atoms with E-state index in [1.54, 1.807) is 0 Å². The molecule has 1 rings (SSSR count). The second kappa shape index (κ2) is 2.30. The Morgan fingerprint density at radius 2 is 2.20 bits per heavy atom. The first-order chi connectivity index (χ1) is 4.75. The predicted molar refractivity (Wildman–Crippen MR) is 33.0 cm³/mol. The molecule has 0 atom stereocenters. The van der Waals surface area contributed by atoms with Crippen molar-refractivity contribution >= 4 is 5.69 Å². The maximum atomic E-state index is 9.84. The van der Waals surface area contributed by atoms with Crippen molar-refractivity contribution < 1.29 is 10.2 Å². The third kappa shape index (κ3) is 0.883. The van der Waals surface area contributed by atoms with Gasteiger partial charge in [-0.3, -0.25) is 0 Å². The van der Waals surface area contributed by atoms with Crippen molar-refractivity contribution in [2.75, 3.05) is 0 Å². The SMILES string of the molecule is O=Nc1c(O)ccnc1O. The first-order valence-corrected chi connectivity index (χ1v) is 2.46. The molecule has 0 aliphatic carbocycles. The van der Waals surface area contributed by atoms with Gasteiger partial charge in [0.25, 0.3) is 0 Å². The molecule has 52 valence electrons. The van der Waals surface area contributed by atoms with E-state index in [4.69, 9.17) is 10.2 Å². The van der Waals surface area contributed by atoms with E-state index in [1.165, 1.54) is 6.20 Å². The van der Waals surface area contributed by atoms with Crippen LogP contribution in [-0.2, 0) is 0 Å². The lowest BCUT2D eigenvalue weighted by Gasteiger charge is -1.94. The lowest BCUT2D eigenvalue weighted by atomic mass is 10.4. The van der Waals surface area contributed by atoms with E-state index in [-0.39, 0.29) is 5.75 Å². The summed E-state index contributed by atoms with van der Waals surface area (Å²) < 4.78 is 0. The molecule has 1 heterocycles. The van der Waals surface area contributed by atoms with E-state index in [9.17, 15) is 4.91 Å². The molecule has 0 saturated heterocycles. The minimum Gasteiger partial charge on any atom is -0.505 e. The van der Waals surface area contributed by atoms with E-state index >= 15 is 0 Å². The molecule has 0 amide bonds. The number of nitrogens with zero attached hydrogens (tertiary/aromatic N) is 2. The van der Waals surface area contributed by atoms with Crippen molar-refractivity contribution in [1.29, 1.82) is 0 Å². The van der Waals surface area contributed by atoms with Gasteiger partial charge in [0, 0.05) is 12.3 Å². The lowest BCUT2D eigenvalue weighted by Crippen LogP contribution is -1.73. The molecule has 5 nitrogen and oxygen atoms in total. The van der Waals surface area contributed by atoms with Gasteiger partial charge in [-0.25, -0.2) is 4.98 Å². The van der Waals surface area contributed by atoms with Gasteiger partial charge in [-0.1, -0.05) is 0 Å². The fourth-order valence-corrected chi connectivity index (χ4v) is 0.521. The molecule has 0 aliphatic heterocycles. The molecule has 5 heteroatoms. The van der Waals surface area contributed by atoms with Crippen LogP contribution >= 0.6 is 0 Å². The molecule has 0 saturated carbocycles. The van der Waals surface area contributed by atoms with Crippen LogP contribution in [0.1, 0.15) is 0 Å². The van der Waals surface area contributed by atoms with Crippen LogP contribution in [0, 0.1) is 4.91 Å². The average molecular weight is 140 g/mol. The number of nitroso groups, excluding NO2 is 1. The summed E-state index contributed by atoms with van der Waals surface area (Å²) in [7, 11) is 0. The van der Waals surface area contributed by atoms with Gasteiger partial charge in [0.05, 0.1) is 0 Å². The normalized spacial score (nSPS) is 9.20. The molecule has 1 aromatic heterocycles. The second-order valence-electron chi connectivity index (χ2n) is 1.59. The fraction of sp³-hybridized carbons (Fsp3) is 0. The summed E-state index contributed by atoms with van der Waals surface area (Å²) in [6.07, 6.45) is 1.17. The first kappa shape index (κ1) is 6.47. The molecule has 0 aromatic carbocycles. The zero-order valence-corrected chi connectivity index (χ0v) is 4.85. The van der Waals surface area contributed by atoms with Gasteiger partial charge in [-0.05, 0) is 5.18 Å². The molecule has 0 unspecified atom stereocenters. The van der Waals surface area contributed by atoms with Crippen LogP contribution in [0.2, 0.25) is 0 Å². The highest BCUT2D eigenvalue weighted by molar-refractivity contribution is 5.56. The second-order valence-corrected chi connectivity index (χ2v) is 1.59. The highest BCUT2D eigenvalue weighted by atomic mass is 16.3. The van der Waals surface area contributed by atoms with E-state index in [1.807, 2.05) is 0 Å². The Bertz CT molecular complexity index is 241. The van der Waals surface area contributed by atoms with Gasteiger partial charge in [0.15, 0.2) is 5.75 Å². The first-order valence-electron chi connectivity index (χ1n) is 2.46. The number of pyridine rings is 1. The number of hydrogen-bond acceptors (Lipinski definition) is 5. The molecular formula is C5H4N2O3. The fourth-order valence-electron chi connectivity index (χ4n) is 0.521. The van der Waals surface area contributed by atoms with E-state index < -0.39 is 11.6 Å². The van der Waals surface area contributed by atoms with Gasteiger partial charge >= 0.3 is 0 Å². The quantitative estimate of drug-likeness (QED) is 0.567. The van der Waals surface area contributed by atoms with Crippen molar-refractivity contribution in [3.05, 3.63) is 17.2 Å². The molecule has 0 spiro atoms. The number of rotatable bonds is 1. The minimum atomic E-state index is -0.560. The van der Waals surface area contributed by atoms with Crippen molar-refractivity contribution in [3.8, 4) is 11.6 Å². The van der Waals surface area contributed by atoms with Crippen LogP contribution < -0.4 is 0 Å². The van der Waals surface area contributed by atoms with E-state index in [2.05, 4.69) is 10.2 Å². The molecule has 0 fully saturated rings. The van der Waals surface area contributed by atoms with Crippen LogP contribution in [0.3, 0.4) is 0 Å². The molecule has 10 heavy (non-hydrogen) atoms. The highest BCUT2D eigenvalue weighted by Crippen LogP contribution is 2.32. The standard InChI is InChI=1S/C5H4N2O3/c8-3-1-2-6-5(9)4(3)7-10/h1-2H,(H2,6,8,9). The molecule has 0 radical (unpaired) electrons. The summed E-state index contributed by atoms with van der Waals surface area (Å²) in [5, 5.41) is 19.9. The average Bonchev–Trinajstić information content (AvgIpc) is 1.88. The summed E-state index contributed by atoms with van der Waals surface area (Å²) in [6, 6.07) is 1.16. The predicted octanol–water partition coefficient (Wildman–Crippen LogP) is 0.891. The van der Waals surface area contributed by atoms with Crippen LogP contribution in [-0.4, -0.2) is 15.2 Å². The van der Waals surface area contributed by atoms with Crippen molar-refractivity contribution in [2.24, 2.45) is 5.18 Å². The van der Waals surface area contributed by atoms with Crippen molar-refractivity contribution in [3.63, 3.8) is 0 Å². The summed E-state index contributed by atoms with van der Waals surface area (Å²) in [4.78, 5) is 13.2. The van der Waals surface area contributed by atoms with Crippen molar-refractivity contribution in [1.82, 2.24) is 4.98 Å². The molecule has 0 aliphatic rings. The van der Waals surface area contributed by atoms with Gasteiger partial charge in [-0.2, -0.15) is 0 Å². The molecule has 1 aromatic rings. The van der Waals surface area contributed by atoms with Gasteiger partial charge < -0.3 is 10.2 Å². The molecular weight excluding hydrogens is 136 g/mol. The van der Waals surface area contributed by atoms with Crippen LogP contribution in [0.5, 0.6) is 11.6 Å². The summed E-state index contributed by atoms with van der Waals surface area (Å²) in [5.74, 6) is -0.933. The maximum Gasteiger partial charge on any atom is 0.245 e. The van der Waals surface area contributed by atoms with E-state index in [0.29, 0.717) is 0 Å². The smallest absolute Gasteiger partial charge is 0.245 e. The van der Waals surface area contributed by atoms with Gasteiger partial charge in [0.2, 0.25) is 11.6 Å². The molecule has 0 bridgehead atoms. The topological polar surface area (TPSA) is 82.8 Å². The zero-order chi connectivity index (χ0) is 7.56. The Balaban J connectivity index is 3.30. The Kier molecular flexibility index (Phi) is 1.49. The largest absolute Gasteiger partial charge is 0.505 e. The number of aromatic nitrogens is 1. The summed E-state index contributed by atoms with van der Waals surface area (Å²) in [6.45, 7) is 0. The van der Waals surface area contributed by atoms with Crippen LogP contribution in [0.15, 0.2) is 17.4 Å². The maximum absolute atomic E-state index is 9.84. The monoisotopic (exact) mass is 140 g/mol. The van der Waals surface area contributed by atoms with Gasteiger partial charge in [0.1, 0.15) is 0 Å². The highest BCUT2D eigenvalue weighted by Gasteiger charge is 2.06. The third-order valence-electron chi connectivity index (χ3n) is 0.975. The summed E-state index contributed by atoms with van der Waals surface area (Å²) >= 11 is 0. The van der Waals surface area contributed by atoms with E-state index in [0.717, 1.165) is 6.07 Å². The molecule has 2 N–H and O–H groups in total. The van der Waals surface area contributed by atoms with Gasteiger partial charge in [-0.15, -0.1) is 4.91 Å². The van der Waals surface area contributed by atoms with Crippen LogP contribution in [0.4, 0.5) is 5.69 Å². The Morgan fingerprint density at radius 3 is 2.60 bits per heavy atom. The number of hydrogen-bond donors (Lipinski definition) is 2. The Labute approximate surface area is 55.9 Å². The Morgan fingerprint density at radius 1 is 1.50 bits per heavy atom. The Hall–Kier alpha value is -1.65.